The molecule has 14 heavy (non-hydrogen) atoms. The Kier molecular flexibility index (Phi) is 3.45. The van der Waals surface area contributed by atoms with Gasteiger partial charge in [-0.3, -0.25) is 0 Å². The summed E-state index contributed by atoms with van der Waals surface area (Å²) in [6.45, 7) is 2.53. The van der Waals surface area contributed by atoms with E-state index in [-0.39, 0.29) is 6.09 Å². The Morgan fingerprint density at radius 3 is 2.93 bits per heavy atom. The first kappa shape index (κ1) is 10.5. The van der Waals surface area contributed by atoms with Gasteiger partial charge in [0.25, 0.3) is 0 Å². The smallest absolute Gasteiger partial charge is 0.404 e. The van der Waals surface area contributed by atoms with Gasteiger partial charge in [0.2, 0.25) is 6.20 Å². The van der Waals surface area contributed by atoms with Gasteiger partial charge in [-0.2, -0.15) is 0 Å². The zero-order chi connectivity index (χ0) is 10.6. The lowest BCUT2D eigenvalue weighted by Gasteiger charge is -2.13. The van der Waals surface area contributed by atoms with E-state index in [1.165, 1.54) is 4.90 Å². The van der Waals surface area contributed by atoms with Gasteiger partial charge in [0, 0.05) is 19.7 Å². The van der Waals surface area contributed by atoms with Crippen molar-refractivity contribution in [2.45, 2.75) is 6.92 Å². The van der Waals surface area contributed by atoms with Crippen molar-refractivity contribution in [1.82, 2.24) is 4.90 Å². The number of aromatic nitrogens is 1. The molecule has 0 bridgehead atoms. The molecule has 1 aromatic heterocycles. The van der Waals surface area contributed by atoms with Gasteiger partial charge in [0.1, 0.15) is 7.05 Å². The molecule has 0 unspecified atom stereocenters. The Hall–Kier alpha value is -1.58. The van der Waals surface area contributed by atoms with E-state index in [0.717, 1.165) is 0 Å². The first-order chi connectivity index (χ1) is 6.63. The summed E-state index contributed by atoms with van der Waals surface area (Å²) in [7, 11) is 3.58. The van der Waals surface area contributed by atoms with Crippen molar-refractivity contribution in [3.05, 3.63) is 24.5 Å². The molecule has 0 aliphatic carbocycles. The lowest BCUT2D eigenvalue weighted by Crippen LogP contribution is -2.31. The highest BCUT2D eigenvalue weighted by Crippen LogP contribution is 2.06. The fraction of sp³-hybridized carbons (Fsp3) is 0.400. The number of ether oxygens (including phenoxy) is 1. The van der Waals surface area contributed by atoms with Gasteiger partial charge in [0.15, 0.2) is 11.9 Å². The summed E-state index contributed by atoms with van der Waals surface area (Å²) in [5.74, 6) is 0.556. The van der Waals surface area contributed by atoms with Gasteiger partial charge in [-0.1, -0.05) is 0 Å². The summed E-state index contributed by atoms with van der Waals surface area (Å²) in [5, 5.41) is 0. The quantitative estimate of drug-likeness (QED) is 0.659. The van der Waals surface area contributed by atoms with Crippen molar-refractivity contribution in [3.8, 4) is 5.75 Å². The number of rotatable bonds is 2. The molecule has 0 fully saturated rings. The molecule has 0 aliphatic heterocycles. The number of amides is 1. The number of carbonyl (C=O) groups is 1. The van der Waals surface area contributed by atoms with Crippen LogP contribution in [0.5, 0.6) is 5.75 Å². The van der Waals surface area contributed by atoms with Crippen LogP contribution in [0.2, 0.25) is 0 Å². The highest BCUT2D eigenvalue weighted by Gasteiger charge is 2.10. The van der Waals surface area contributed by atoms with Crippen molar-refractivity contribution >= 4 is 6.09 Å². The average Bonchev–Trinajstić information content (AvgIpc) is 2.16. The van der Waals surface area contributed by atoms with Crippen LogP contribution in [-0.4, -0.2) is 24.6 Å². The number of aryl methyl sites for hydroxylation is 1. The van der Waals surface area contributed by atoms with Crippen LogP contribution in [-0.2, 0) is 7.05 Å². The van der Waals surface area contributed by atoms with Crippen LogP contribution in [0.1, 0.15) is 6.92 Å². The minimum atomic E-state index is -0.335. The Morgan fingerprint density at radius 1 is 1.64 bits per heavy atom. The second-order valence-corrected chi connectivity index (χ2v) is 3.09. The van der Waals surface area contributed by atoms with Crippen LogP contribution >= 0.6 is 0 Å². The summed E-state index contributed by atoms with van der Waals surface area (Å²) in [6.07, 6.45) is 3.29. The van der Waals surface area contributed by atoms with E-state index in [2.05, 4.69) is 0 Å². The second-order valence-electron chi connectivity index (χ2n) is 3.09. The van der Waals surface area contributed by atoms with E-state index < -0.39 is 0 Å². The standard InChI is InChI=1S/C10H15N2O2/c1-4-12(3)10(13)14-9-6-5-7-11(2)8-9/h5-8H,4H2,1-3H3/q+1. The Bertz CT molecular complexity index is 326. The van der Waals surface area contributed by atoms with Crippen LogP contribution in [0.3, 0.4) is 0 Å². The molecule has 4 heteroatoms. The van der Waals surface area contributed by atoms with Gasteiger partial charge < -0.3 is 9.64 Å². The largest absolute Gasteiger partial charge is 0.415 e. The zero-order valence-corrected chi connectivity index (χ0v) is 8.73. The zero-order valence-electron chi connectivity index (χ0n) is 8.73. The summed E-state index contributed by atoms with van der Waals surface area (Å²) >= 11 is 0. The number of nitrogens with zero attached hydrogens (tertiary/aromatic N) is 2. The molecule has 76 valence electrons. The highest BCUT2D eigenvalue weighted by atomic mass is 16.6. The third-order valence-corrected chi connectivity index (χ3v) is 1.90. The molecule has 0 atom stereocenters. The molecule has 1 aromatic rings. The monoisotopic (exact) mass is 195 g/mol. The minimum absolute atomic E-state index is 0.335. The second kappa shape index (κ2) is 4.60. The minimum Gasteiger partial charge on any atom is -0.404 e. The lowest BCUT2D eigenvalue weighted by molar-refractivity contribution is -0.671. The molecular formula is C10H15N2O2+. The number of hydrogen-bond acceptors (Lipinski definition) is 2. The molecule has 0 aromatic carbocycles. The highest BCUT2D eigenvalue weighted by molar-refractivity contribution is 5.69. The topological polar surface area (TPSA) is 33.4 Å². The predicted octanol–water partition coefficient (Wildman–Crippen LogP) is 0.962. The molecule has 1 amide bonds. The molecule has 1 heterocycles. The Balaban J connectivity index is 2.65. The predicted molar refractivity (Wildman–Crippen MR) is 51.9 cm³/mol. The maximum absolute atomic E-state index is 11.3. The summed E-state index contributed by atoms with van der Waals surface area (Å²) in [5.41, 5.74) is 0. The summed E-state index contributed by atoms with van der Waals surface area (Å²) in [4.78, 5) is 12.9. The van der Waals surface area contributed by atoms with E-state index in [1.54, 1.807) is 19.3 Å². The van der Waals surface area contributed by atoms with E-state index in [4.69, 9.17) is 4.74 Å². The number of hydrogen-bond donors (Lipinski definition) is 0. The van der Waals surface area contributed by atoms with Crippen molar-refractivity contribution in [3.63, 3.8) is 0 Å². The fourth-order valence-electron chi connectivity index (χ4n) is 0.929. The van der Waals surface area contributed by atoms with E-state index in [1.807, 2.05) is 30.8 Å². The van der Waals surface area contributed by atoms with Crippen molar-refractivity contribution in [2.24, 2.45) is 7.05 Å². The maximum Gasteiger partial charge on any atom is 0.415 e. The van der Waals surface area contributed by atoms with Gasteiger partial charge in [-0.25, -0.2) is 9.36 Å². The molecule has 0 saturated heterocycles. The van der Waals surface area contributed by atoms with E-state index in [9.17, 15) is 4.79 Å². The summed E-state index contributed by atoms with van der Waals surface area (Å²) in [6, 6.07) is 3.58. The van der Waals surface area contributed by atoms with Gasteiger partial charge in [-0.05, 0) is 13.0 Å². The molecule has 4 nitrogen and oxygen atoms in total. The van der Waals surface area contributed by atoms with Gasteiger partial charge in [-0.15, -0.1) is 0 Å². The van der Waals surface area contributed by atoms with E-state index >= 15 is 0 Å². The Labute approximate surface area is 83.7 Å². The Morgan fingerprint density at radius 2 is 2.36 bits per heavy atom. The van der Waals surface area contributed by atoms with E-state index in [0.29, 0.717) is 12.3 Å². The van der Waals surface area contributed by atoms with Crippen LogP contribution in [0, 0.1) is 0 Å². The number of carbonyl (C=O) groups excluding carboxylic acids is 1. The SMILES string of the molecule is CCN(C)C(=O)Oc1ccc[n+](C)c1. The fourth-order valence-corrected chi connectivity index (χ4v) is 0.929. The molecule has 0 spiro atoms. The van der Waals surface area contributed by atoms with Crippen molar-refractivity contribution in [2.75, 3.05) is 13.6 Å². The molecule has 0 aliphatic rings. The van der Waals surface area contributed by atoms with Crippen LogP contribution in [0.15, 0.2) is 24.5 Å². The summed E-state index contributed by atoms with van der Waals surface area (Å²) < 4.78 is 6.94. The van der Waals surface area contributed by atoms with Crippen LogP contribution in [0.4, 0.5) is 4.79 Å². The molecule has 0 saturated carbocycles. The number of pyridine rings is 1. The lowest BCUT2D eigenvalue weighted by atomic mass is 10.4. The first-order valence-electron chi connectivity index (χ1n) is 4.51. The molecule has 1 rings (SSSR count). The molecule has 0 radical (unpaired) electrons. The third kappa shape index (κ3) is 2.73. The normalized spacial score (nSPS) is 9.64. The first-order valence-corrected chi connectivity index (χ1v) is 4.51. The average molecular weight is 195 g/mol. The molecule has 0 N–H and O–H groups in total. The van der Waals surface area contributed by atoms with Crippen molar-refractivity contribution < 1.29 is 14.1 Å². The van der Waals surface area contributed by atoms with Gasteiger partial charge >= 0.3 is 6.09 Å². The van der Waals surface area contributed by atoms with Crippen molar-refractivity contribution in [1.29, 1.82) is 0 Å². The van der Waals surface area contributed by atoms with Crippen LogP contribution in [0.25, 0.3) is 0 Å². The maximum atomic E-state index is 11.3. The third-order valence-electron chi connectivity index (χ3n) is 1.90. The van der Waals surface area contributed by atoms with Crippen LogP contribution < -0.4 is 9.30 Å². The van der Waals surface area contributed by atoms with Gasteiger partial charge in [0.05, 0.1) is 0 Å². The molecular weight excluding hydrogens is 180 g/mol.